The summed E-state index contributed by atoms with van der Waals surface area (Å²) in [6.45, 7) is 2.31. The highest BCUT2D eigenvalue weighted by atomic mass is 16.1. The number of hydrogen-bond donors (Lipinski definition) is 1. The molecule has 0 aliphatic carbocycles. The van der Waals surface area contributed by atoms with Crippen molar-refractivity contribution in [2.45, 2.75) is 13.0 Å². The summed E-state index contributed by atoms with van der Waals surface area (Å²) >= 11 is 0. The Hall–Kier alpha value is -3.18. The van der Waals surface area contributed by atoms with Crippen molar-refractivity contribution in [3.63, 3.8) is 0 Å². The Labute approximate surface area is 172 Å². The van der Waals surface area contributed by atoms with Crippen molar-refractivity contribution in [3.8, 4) is 11.3 Å². The fourth-order valence-corrected chi connectivity index (χ4v) is 3.06. The van der Waals surface area contributed by atoms with Crippen LogP contribution in [0.3, 0.4) is 0 Å². The van der Waals surface area contributed by atoms with E-state index in [1.807, 2.05) is 79.6 Å². The Bertz CT molecular complexity index is 930. The molecule has 150 valence electrons. The lowest BCUT2D eigenvalue weighted by Crippen LogP contribution is -2.25. The number of amides is 1. The molecular weight excluding hydrogens is 360 g/mol. The van der Waals surface area contributed by atoms with Gasteiger partial charge in [-0.05, 0) is 38.7 Å². The summed E-state index contributed by atoms with van der Waals surface area (Å²) in [4.78, 5) is 14.3. The second-order valence-corrected chi connectivity index (χ2v) is 7.26. The van der Waals surface area contributed by atoms with E-state index in [1.54, 1.807) is 6.08 Å². The molecule has 3 rings (SSSR count). The first-order valence-electron chi connectivity index (χ1n) is 9.89. The Kier molecular flexibility index (Phi) is 7.36. The maximum absolute atomic E-state index is 12.2. The highest BCUT2D eigenvalue weighted by molar-refractivity contribution is 5.92. The standard InChI is InChI=1S/C24H28N4O/c1-27(2)17-9-16-25-23(29)15-14-22-19-28(18-20-10-5-3-6-11-20)26-24(22)21-12-7-4-8-13-21/h3-8,10-15,19H,9,16-18H2,1-2H3,(H,25,29)/b15-14+. The van der Waals surface area contributed by atoms with Gasteiger partial charge in [0.2, 0.25) is 5.91 Å². The normalized spacial score (nSPS) is 11.3. The Morgan fingerprint density at radius 2 is 1.76 bits per heavy atom. The molecule has 29 heavy (non-hydrogen) atoms. The van der Waals surface area contributed by atoms with Crippen molar-refractivity contribution < 1.29 is 4.79 Å². The van der Waals surface area contributed by atoms with Gasteiger partial charge < -0.3 is 10.2 Å². The summed E-state index contributed by atoms with van der Waals surface area (Å²) in [7, 11) is 4.06. The molecule has 0 fully saturated rings. The van der Waals surface area contributed by atoms with Crippen LogP contribution in [0.25, 0.3) is 17.3 Å². The fraction of sp³-hybridized carbons (Fsp3) is 0.250. The zero-order chi connectivity index (χ0) is 20.5. The zero-order valence-corrected chi connectivity index (χ0v) is 17.1. The van der Waals surface area contributed by atoms with E-state index < -0.39 is 0 Å². The molecule has 5 nitrogen and oxygen atoms in total. The van der Waals surface area contributed by atoms with Crippen molar-refractivity contribution in [3.05, 3.63) is 84.1 Å². The van der Waals surface area contributed by atoms with E-state index in [2.05, 4.69) is 22.3 Å². The molecule has 5 heteroatoms. The minimum atomic E-state index is -0.0847. The molecule has 0 aliphatic rings. The Morgan fingerprint density at radius 3 is 2.45 bits per heavy atom. The van der Waals surface area contributed by atoms with Crippen LogP contribution in [0.4, 0.5) is 0 Å². The number of carbonyl (C=O) groups excluding carboxylic acids is 1. The van der Waals surface area contributed by atoms with Crippen molar-refractivity contribution in [2.24, 2.45) is 0 Å². The minimum absolute atomic E-state index is 0.0847. The second-order valence-electron chi connectivity index (χ2n) is 7.26. The average molecular weight is 389 g/mol. The molecule has 1 heterocycles. The van der Waals surface area contributed by atoms with E-state index >= 15 is 0 Å². The molecule has 1 amide bonds. The predicted octanol–water partition coefficient (Wildman–Crippen LogP) is 3.68. The van der Waals surface area contributed by atoms with Crippen LogP contribution in [0, 0.1) is 0 Å². The maximum atomic E-state index is 12.2. The van der Waals surface area contributed by atoms with Gasteiger partial charge in [0.15, 0.2) is 0 Å². The molecule has 0 bridgehead atoms. The monoisotopic (exact) mass is 388 g/mol. The van der Waals surface area contributed by atoms with Crippen LogP contribution in [-0.2, 0) is 11.3 Å². The summed E-state index contributed by atoms with van der Waals surface area (Å²) in [6.07, 6.45) is 6.35. The largest absolute Gasteiger partial charge is 0.353 e. The van der Waals surface area contributed by atoms with E-state index in [-0.39, 0.29) is 5.91 Å². The van der Waals surface area contributed by atoms with E-state index in [1.165, 1.54) is 5.56 Å². The lowest BCUT2D eigenvalue weighted by Gasteiger charge is -2.08. The van der Waals surface area contributed by atoms with E-state index in [9.17, 15) is 4.79 Å². The van der Waals surface area contributed by atoms with Crippen molar-refractivity contribution in [2.75, 3.05) is 27.2 Å². The summed E-state index contributed by atoms with van der Waals surface area (Å²) in [5.74, 6) is -0.0847. The number of hydrogen-bond acceptors (Lipinski definition) is 3. The zero-order valence-electron chi connectivity index (χ0n) is 17.1. The quantitative estimate of drug-likeness (QED) is 0.449. The molecule has 0 spiro atoms. The van der Waals surface area contributed by atoms with E-state index in [4.69, 9.17) is 5.10 Å². The third kappa shape index (κ3) is 6.43. The van der Waals surface area contributed by atoms with Gasteiger partial charge in [-0.2, -0.15) is 5.10 Å². The first-order chi connectivity index (χ1) is 14.1. The summed E-state index contributed by atoms with van der Waals surface area (Å²) in [5.41, 5.74) is 4.02. The first kappa shape index (κ1) is 20.6. The molecule has 0 atom stereocenters. The molecule has 0 saturated carbocycles. The third-order valence-electron chi connectivity index (χ3n) is 4.52. The number of benzene rings is 2. The van der Waals surface area contributed by atoms with Gasteiger partial charge in [0, 0.05) is 29.9 Å². The van der Waals surface area contributed by atoms with Crippen LogP contribution >= 0.6 is 0 Å². The summed E-state index contributed by atoms with van der Waals surface area (Å²) in [6, 6.07) is 20.3. The van der Waals surface area contributed by atoms with Gasteiger partial charge in [-0.3, -0.25) is 9.48 Å². The van der Waals surface area contributed by atoms with Crippen molar-refractivity contribution in [1.29, 1.82) is 0 Å². The third-order valence-corrected chi connectivity index (χ3v) is 4.52. The van der Waals surface area contributed by atoms with Crippen LogP contribution in [0.15, 0.2) is 72.9 Å². The number of nitrogens with one attached hydrogen (secondary N) is 1. The number of carbonyl (C=O) groups is 1. The second kappa shape index (κ2) is 10.4. The molecule has 0 aliphatic heterocycles. The molecule has 0 radical (unpaired) electrons. The molecular formula is C24H28N4O. The SMILES string of the molecule is CN(C)CCCNC(=O)/C=C/c1cn(Cc2ccccc2)nc1-c1ccccc1. The summed E-state index contributed by atoms with van der Waals surface area (Å²) < 4.78 is 1.92. The molecule has 2 aromatic carbocycles. The lowest BCUT2D eigenvalue weighted by atomic mass is 10.1. The minimum Gasteiger partial charge on any atom is -0.353 e. The highest BCUT2D eigenvalue weighted by Gasteiger charge is 2.10. The van der Waals surface area contributed by atoms with E-state index in [0.29, 0.717) is 13.1 Å². The van der Waals surface area contributed by atoms with Gasteiger partial charge in [-0.1, -0.05) is 60.7 Å². The summed E-state index contributed by atoms with van der Waals surface area (Å²) in [5, 5.41) is 7.71. The van der Waals surface area contributed by atoms with E-state index in [0.717, 1.165) is 29.8 Å². The Balaban J connectivity index is 1.74. The Morgan fingerprint density at radius 1 is 1.07 bits per heavy atom. The fourth-order valence-electron chi connectivity index (χ4n) is 3.06. The van der Waals surface area contributed by atoms with Crippen molar-refractivity contribution >= 4 is 12.0 Å². The van der Waals surface area contributed by atoms with Crippen molar-refractivity contribution in [1.82, 2.24) is 20.0 Å². The molecule has 1 aromatic heterocycles. The molecule has 3 aromatic rings. The molecule has 1 N–H and O–H groups in total. The van der Waals surface area contributed by atoms with Gasteiger partial charge in [-0.25, -0.2) is 0 Å². The van der Waals surface area contributed by atoms with Crippen LogP contribution in [-0.4, -0.2) is 47.8 Å². The van der Waals surface area contributed by atoms with Gasteiger partial charge in [0.25, 0.3) is 0 Å². The van der Waals surface area contributed by atoms with Gasteiger partial charge in [-0.15, -0.1) is 0 Å². The van der Waals surface area contributed by atoms with Gasteiger partial charge in [0.05, 0.1) is 12.2 Å². The first-order valence-corrected chi connectivity index (χ1v) is 9.89. The number of rotatable bonds is 9. The highest BCUT2D eigenvalue weighted by Crippen LogP contribution is 2.23. The molecule has 0 saturated heterocycles. The lowest BCUT2D eigenvalue weighted by molar-refractivity contribution is -0.116. The van der Waals surface area contributed by atoms with Gasteiger partial charge >= 0.3 is 0 Å². The number of nitrogens with zero attached hydrogens (tertiary/aromatic N) is 3. The maximum Gasteiger partial charge on any atom is 0.244 e. The van der Waals surface area contributed by atoms with Crippen LogP contribution in [0.2, 0.25) is 0 Å². The van der Waals surface area contributed by atoms with Crippen LogP contribution in [0.1, 0.15) is 17.5 Å². The van der Waals surface area contributed by atoms with Crippen LogP contribution < -0.4 is 5.32 Å². The topological polar surface area (TPSA) is 50.2 Å². The predicted molar refractivity (Wildman–Crippen MR) is 118 cm³/mol. The molecule has 0 unspecified atom stereocenters. The van der Waals surface area contributed by atoms with Crippen LogP contribution in [0.5, 0.6) is 0 Å². The average Bonchev–Trinajstić information content (AvgIpc) is 3.13. The smallest absolute Gasteiger partial charge is 0.244 e. The number of aromatic nitrogens is 2. The van der Waals surface area contributed by atoms with Gasteiger partial charge in [0.1, 0.15) is 0 Å².